The van der Waals surface area contributed by atoms with E-state index in [4.69, 9.17) is 12.2 Å². The van der Waals surface area contributed by atoms with Crippen LogP contribution in [-0.4, -0.2) is 29.5 Å². The van der Waals surface area contributed by atoms with Gasteiger partial charge in [-0.2, -0.15) is 0 Å². The molecule has 1 fully saturated rings. The lowest BCUT2D eigenvalue weighted by Crippen LogP contribution is -2.54. The second kappa shape index (κ2) is 8.10. The van der Waals surface area contributed by atoms with Gasteiger partial charge < -0.3 is 4.90 Å². The molecule has 0 saturated carbocycles. The maximum atomic E-state index is 13.5. The van der Waals surface area contributed by atoms with E-state index >= 15 is 0 Å². The molecule has 172 valence electrons. The van der Waals surface area contributed by atoms with Crippen LogP contribution in [0.3, 0.4) is 0 Å². The van der Waals surface area contributed by atoms with Crippen molar-refractivity contribution in [2.75, 3.05) is 16.8 Å². The number of fused-ring (bicyclic) bond motifs is 1. The average Bonchev–Trinajstić information content (AvgIpc) is 2.71. The summed E-state index contributed by atoms with van der Waals surface area (Å²) in [5.41, 5.74) is 7.19. The van der Waals surface area contributed by atoms with Gasteiger partial charge >= 0.3 is 0 Å². The molecule has 5 nitrogen and oxygen atoms in total. The summed E-state index contributed by atoms with van der Waals surface area (Å²) in [6.07, 6.45) is 2.74. The number of anilines is 2. The Morgan fingerprint density at radius 3 is 2.42 bits per heavy atom. The van der Waals surface area contributed by atoms with E-state index in [2.05, 4.69) is 50.2 Å². The van der Waals surface area contributed by atoms with Gasteiger partial charge in [-0.05, 0) is 106 Å². The Bertz CT molecular complexity index is 1230. The van der Waals surface area contributed by atoms with Gasteiger partial charge in [0, 0.05) is 18.3 Å². The minimum atomic E-state index is -0.463. The minimum Gasteiger partial charge on any atom is -0.369 e. The van der Waals surface area contributed by atoms with Crippen molar-refractivity contribution >= 4 is 46.6 Å². The third kappa shape index (κ3) is 3.97. The van der Waals surface area contributed by atoms with Gasteiger partial charge in [0.2, 0.25) is 0 Å². The van der Waals surface area contributed by atoms with Crippen LogP contribution in [0.25, 0.3) is 6.08 Å². The molecular weight excluding hydrogens is 430 g/mol. The first-order valence-corrected chi connectivity index (χ1v) is 11.7. The highest BCUT2D eigenvalue weighted by Gasteiger charge is 2.37. The van der Waals surface area contributed by atoms with Gasteiger partial charge in [0.05, 0.1) is 5.69 Å². The van der Waals surface area contributed by atoms with E-state index in [1.807, 2.05) is 39.0 Å². The standard InChI is InChI=1S/C27H31N3O2S/c1-15-8-9-22(17(3)10-15)30-25(32)21(24(31)28-26(30)33)13-19-12-20-18(4)14-27(5,6)29(7)23(20)11-16(19)2/h8-13,18H,14H2,1-7H3,(H,28,31,33)/b21-13+/t18-/m0/s1. The lowest BCUT2D eigenvalue weighted by molar-refractivity contribution is -0.122. The summed E-state index contributed by atoms with van der Waals surface area (Å²) in [5.74, 6) is -0.493. The number of hydrogen-bond acceptors (Lipinski definition) is 4. The van der Waals surface area contributed by atoms with E-state index in [1.54, 1.807) is 6.08 Å². The number of thiocarbonyl (C=S) groups is 1. The maximum Gasteiger partial charge on any atom is 0.270 e. The molecule has 2 heterocycles. The number of aryl methyl sites for hydroxylation is 3. The second-order valence-electron chi connectivity index (χ2n) is 9.99. The minimum absolute atomic E-state index is 0.0696. The number of carbonyl (C=O) groups excluding carboxylic acids is 2. The van der Waals surface area contributed by atoms with Crippen molar-refractivity contribution in [2.45, 2.75) is 59.4 Å². The van der Waals surface area contributed by atoms with E-state index < -0.39 is 11.8 Å². The average molecular weight is 462 g/mol. The van der Waals surface area contributed by atoms with Crippen LogP contribution < -0.4 is 15.1 Å². The van der Waals surface area contributed by atoms with E-state index in [9.17, 15) is 9.59 Å². The summed E-state index contributed by atoms with van der Waals surface area (Å²) in [6, 6.07) is 10.1. The topological polar surface area (TPSA) is 52.7 Å². The highest BCUT2D eigenvalue weighted by molar-refractivity contribution is 7.80. The predicted octanol–water partition coefficient (Wildman–Crippen LogP) is 5.17. The van der Waals surface area contributed by atoms with Crippen molar-refractivity contribution in [3.8, 4) is 0 Å². The molecule has 2 aromatic carbocycles. The van der Waals surface area contributed by atoms with Gasteiger partial charge in [-0.15, -0.1) is 0 Å². The first-order valence-electron chi connectivity index (χ1n) is 11.3. The lowest BCUT2D eigenvalue weighted by atomic mass is 9.79. The Kier molecular flexibility index (Phi) is 5.69. The number of benzene rings is 2. The Labute approximate surface area is 201 Å². The Balaban J connectivity index is 1.78. The Morgan fingerprint density at radius 1 is 1.06 bits per heavy atom. The van der Waals surface area contributed by atoms with Crippen LogP contribution in [0.5, 0.6) is 0 Å². The molecule has 6 heteroatoms. The van der Waals surface area contributed by atoms with Crippen LogP contribution in [0, 0.1) is 20.8 Å². The first-order chi connectivity index (χ1) is 15.4. The van der Waals surface area contributed by atoms with Crippen LogP contribution in [-0.2, 0) is 9.59 Å². The second-order valence-corrected chi connectivity index (χ2v) is 10.4. The third-order valence-electron chi connectivity index (χ3n) is 7.02. The SMILES string of the molecule is Cc1ccc(N2C(=O)/C(=C/c3cc4c(cc3C)N(C)C(C)(C)C[C@@H]4C)C(=O)NC2=S)c(C)c1. The van der Waals surface area contributed by atoms with Crippen LogP contribution in [0.15, 0.2) is 35.9 Å². The van der Waals surface area contributed by atoms with E-state index in [0.29, 0.717) is 11.6 Å². The summed E-state index contributed by atoms with van der Waals surface area (Å²) in [4.78, 5) is 30.1. The van der Waals surface area contributed by atoms with Crippen molar-refractivity contribution in [1.82, 2.24) is 5.32 Å². The molecule has 1 atom stereocenters. The van der Waals surface area contributed by atoms with Gasteiger partial charge in [0.25, 0.3) is 11.8 Å². The molecule has 0 aromatic heterocycles. The zero-order valence-electron chi connectivity index (χ0n) is 20.4. The van der Waals surface area contributed by atoms with Crippen LogP contribution in [0.2, 0.25) is 0 Å². The van der Waals surface area contributed by atoms with Crippen molar-refractivity contribution in [3.05, 3.63) is 63.7 Å². The maximum absolute atomic E-state index is 13.5. The summed E-state index contributed by atoms with van der Waals surface area (Å²) >= 11 is 5.37. The molecule has 33 heavy (non-hydrogen) atoms. The number of carbonyl (C=O) groups is 2. The zero-order valence-corrected chi connectivity index (χ0v) is 21.2. The van der Waals surface area contributed by atoms with Gasteiger partial charge in [-0.25, -0.2) is 0 Å². The molecule has 0 aliphatic carbocycles. The Morgan fingerprint density at radius 2 is 1.76 bits per heavy atom. The van der Waals surface area contributed by atoms with Crippen molar-refractivity contribution in [1.29, 1.82) is 0 Å². The van der Waals surface area contributed by atoms with Crippen molar-refractivity contribution in [3.63, 3.8) is 0 Å². The van der Waals surface area contributed by atoms with Crippen LogP contribution in [0.4, 0.5) is 11.4 Å². The smallest absolute Gasteiger partial charge is 0.270 e. The van der Waals surface area contributed by atoms with E-state index in [-0.39, 0.29) is 16.2 Å². The molecule has 1 saturated heterocycles. The predicted molar refractivity (Wildman–Crippen MR) is 139 cm³/mol. The van der Waals surface area contributed by atoms with Gasteiger partial charge in [0.15, 0.2) is 5.11 Å². The monoisotopic (exact) mass is 461 g/mol. The highest BCUT2D eigenvalue weighted by atomic mass is 32.1. The number of rotatable bonds is 2. The fourth-order valence-corrected chi connectivity index (χ4v) is 5.25. The molecule has 2 aliphatic rings. The molecule has 0 radical (unpaired) electrons. The fraction of sp³-hybridized carbons (Fsp3) is 0.370. The van der Waals surface area contributed by atoms with Crippen molar-refractivity contribution < 1.29 is 9.59 Å². The molecule has 0 bridgehead atoms. The van der Waals surface area contributed by atoms with Gasteiger partial charge in [-0.3, -0.25) is 19.8 Å². The molecule has 4 rings (SSSR count). The fourth-order valence-electron chi connectivity index (χ4n) is 4.98. The number of amides is 2. The quantitative estimate of drug-likeness (QED) is 0.381. The van der Waals surface area contributed by atoms with E-state index in [1.165, 1.54) is 16.2 Å². The van der Waals surface area contributed by atoms with Crippen molar-refractivity contribution in [2.24, 2.45) is 0 Å². The first kappa shape index (κ1) is 23.2. The third-order valence-corrected chi connectivity index (χ3v) is 7.30. The molecule has 0 unspecified atom stereocenters. The van der Waals surface area contributed by atoms with Crippen LogP contribution in [0.1, 0.15) is 60.9 Å². The molecular formula is C27H31N3O2S. The molecule has 2 aliphatic heterocycles. The molecule has 2 aromatic rings. The summed E-state index contributed by atoms with van der Waals surface area (Å²) in [5, 5.41) is 2.81. The number of hydrogen-bond donors (Lipinski definition) is 1. The van der Waals surface area contributed by atoms with E-state index in [0.717, 1.165) is 28.7 Å². The lowest BCUT2D eigenvalue weighted by Gasteiger charge is -2.45. The number of nitrogens with zero attached hydrogens (tertiary/aromatic N) is 2. The zero-order chi connectivity index (χ0) is 24.2. The summed E-state index contributed by atoms with van der Waals surface area (Å²) < 4.78 is 0. The summed E-state index contributed by atoms with van der Waals surface area (Å²) in [6.45, 7) is 12.7. The van der Waals surface area contributed by atoms with Gasteiger partial charge in [-0.1, -0.05) is 24.6 Å². The molecule has 1 N–H and O–H groups in total. The molecule has 2 amide bonds. The van der Waals surface area contributed by atoms with Gasteiger partial charge in [0.1, 0.15) is 5.57 Å². The highest BCUT2D eigenvalue weighted by Crippen LogP contribution is 2.43. The largest absolute Gasteiger partial charge is 0.369 e. The molecule has 0 spiro atoms. The number of nitrogens with one attached hydrogen (secondary N) is 1. The summed E-state index contributed by atoms with van der Waals surface area (Å²) in [7, 11) is 2.13. The normalized spacial score (nSPS) is 21.4. The Hall–Kier alpha value is -2.99. The van der Waals surface area contributed by atoms with Crippen LogP contribution >= 0.6 is 12.2 Å².